The zero-order valence-corrected chi connectivity index (χ0v) is 17.4. The minimum Gasteiger partial charge on any atom is -0.319 e. The lowest BCUT2D eigenvalue weighted by molar-refractivity contribution is 0.781. The fourth-order valence-electron chi connectivity index (χ4n) is 3.62. The highest BCUT2D eigenvalue weighted by atomic mass is 79.9. The molecule has 0 amide bonds. The van der Waals surface area contributed by atoms with E-state index in [2.05, 4.69) is 51.7 Å². The molecular weight excluding hydrogens is 448 g/mol. The molecule has 0 aliphatic carbocycles. The molecule has 0 atom stereocenters. The van der Waals surface area contributed by atoms with Gasteiger partial charge < -0.3 is 4.57 Å². The van der Waals surface area contributed by atoms with Gasteiger partial charge >= 0.3 is 0 Å². The van der Waals surface area contributed by atoms with Crippen LogP contribution in [0.4, 0.5) is 0 Å². The molecule has 0 radical (unpaired) electrons. The molecule has 3 heterocycles. The molecule has 0 aliphatic rings. The molecule has 30 heavy (non-hydrogen) atoms. The molecule has 2 N–H and O–H groups in total. The van der Waals surface area contributed by atoms with E-state index in [0.29, 0.717) is 28.0 Å². The molecule has 148 valence electrons. The maximum Gasteiger partial charge on any atom is 0.290 e. The first-order valence-corrected chi connectivity index (χ1v) is 9.95. The first kappa shape index (κ1) is 18.4. The maximum atomic E-state index is 12.5. The number of H-pyrrole nitrogens is 2. The molecule has 0 saturated carbocycles. The van der Waals surface area contributed by atoms with E-state index in [1.54, 1.807) is 0 Å². The Morgan fingerprint density at radius 2 is 1.73 bits per heavy atom. The highest BCUT2D eigenvalue weighted by Gasteiger charge is 2.18. The largest absolute Gasteiger partial charge is 0.319 e. The molecule has 0 unspecified atom stereocenters. The van der Waals surface area contributed by atoms with Gasteiger partial charge in [-0.05, 0) is 44.8 Å². The molecule has 5 aromatic rings. The standard InChI is InChI=1S/C20H15BrN8O/c1-11-22-16-17(20(30)26-23-18(16)21)29(11)10-12-6-2-3-7-13(12)14-8-4-5-9-15(14)19-24-27-28-25-19/h2-9H,10H2,1H3,(H,26,30)(H,24,25,27,28). The molecule has 0 spiro atoms. The Labute approximate surface area is 178 Å². The van der Waals surface area contributed by atoms with Crippen molar-refractivity contribution in [3.8, 4) is 22.5 Å². The van der Waals surface area contributed by atoms with Crippen molar-refractivity contribution in [3.63, 3.8) is 0 Å². The van der Waals surface area contributed by atoms with Crippen LogP contribution in [0.15, 0.2) is 57.9 Å². The third kappa shape index (κ3) is 3.01. The Morgan fingerprint density at radius 1 is 1.00 bits per heavy atom. The number of aromatic amines is 2. The number of benzene rings is 2. The summed E-state index contributed by atoms with van der Waals surface area (Å²) in [6.45, 7) is 2.35. The Morgan fingerprint density at radius 3 is 2.50 bits per heavy atom. The van der Waals surface area contributed by atoms with Crippen molar-refractivity contribution in [3.05, 3.63) is 74.9 Å². The summed E-state index contributed by atoms with van der Waals surface area (Å²) in [4.78, 5) is 17.0. The number of fused-ring (bicyclic) bond motifs is 1. The van der Waals surface area contributed by atoms with E-state index in [4.69, 9.17) is 0 Å². The second kappa shape index (κ2) is 7.30. The van der Waals surface area contributed by atoms with Crippen LogP contribution in [-0.4, -0.2) is 40.4 Å². The monoisotopic (exact) mass is 462 g/mol. The number of nitrogens with one attached hydrogen (secondary N) is 2. The summed E-state index contributed by atoms with van der Waals surface area (Å²) in [5.41, 5.74) is 4.64. The zero-order valence-electron chi connectivity index (χ0n) is 15.8. The van der Waals surface area contributed by atoms with Crippen molar-refractivity contribution in [1.82, 2.24) is 40.4 Å². The number of aryl methyl sites for hydroxylation is 1. The highest BCUT2D eigenvalue weighted by molar-refractivity contribution is 9.10. The zero-order chi connectivity index (χ0) is 20.7. The van der Waals surface area contributed by atoms with Gasteiger partial charge in [-0.2, -0.15) is 10.3 Å². The van der Waals surface area contributed by atoms with Crippen LogP contribution in [0.2, 0.25) is 0 Å². The van der Waals surface area contributed by atoms with Gasteiger partial charge in [0.05, 0.1) is 6.54 Å². The van der Waals surface area contributed by atoms with E-state index in [0.717, 1.165) is 28.1 Å². The Balaban J connectivity index is 1.68. The molecule has 5 rings (SSSR count). The van der Waals surface area contributed by atoms with Crippen LogP contribution in [0.3, 0.4) is 0 Å². The molecular formula is C20H15BrN8O. The van der Waals surface area contributed by atoms with Gasteiger partial charge in [-0.3, -0.25) is 4.79 Å². The molecule has 2 aromatic carbocycles. The van der Waals surface area contributed by atoms with Crippen LogP contribution in [0.25, 0.3) is 33.5 Å². The van der Waals surface area contributed by atoms with E-state index in [-0.39, 0.29) is 5.56 Å². The number of hydrogen-bond donors (Lipinski definition) is 2. The van der Waals surface area contributed by atoms with Crippen molar-refractivity contribution in [2.24, 2.45) is 0 Å². The van der Waals surface area contributed by atoms with Gasteiger partial charge in [-0.25, -0.2) is 10.1 Å². The average Bonchev–Trinajstić information content (AvgIpc) is 3.41. The second-order valence-electron chi connectivity index (χ2n) is 6.72. The predicted octanol–water partition coefficient (Wildman–Crippen LogP) is 3.09. The summed E-state index contributed by atoms with van der Waals surface area (Å²) < 4.78 is 2.41. The van der Waals surface area contributed by atoms with Gasteiger partial charge in [-0.15, -0.1) is 10.2 Å². The molecule has 3 aromatic heterocycles. The Hall–Kier alpha value is -3.66. The summed E-state index contributed by atoms with van der Waals surface area (Å²) in [5.74, 6) is 1.25. The van der Waals surface area contributed by atoms with Gasteiger partial charge in [0.25, 0.3) is 5.56 Å². The van der Waals surface area contributed by atoms with Crippen molar-refractivity contribution in [1.29, 1.82) is 0 Å². The lowest BCUT2D eigenvalue weighted by Crippen LogP contribution is -2.14. The minimum atomic E-state index is -0.279. The fraction of sp³-hybridized carbons (Fsp3) is 0.100. The van der Waals surface area contributed by atoms with Gasteiger partial charge in [0.2, 0.25) is 5.82 Å². The number of hydrogen-bond acceptors (Lipinski definition) is 6. The van der Waals surface area contributed by atoms with Crippen LogP contribution >= 0.6 is 15.9 Å². The predicted molar refractivity (Wildman–Crippen MR) is 115 cm³/mol. The van der Waals surface area contributed by atoms with Gasteiger partial charge in [-0.1, -0.05) is 48.5 Å². The lowest BCUT2D eigenvalue weighted by atomic mass is 9.95. The van der Waals surface area contributed by atoms with Crippen molar-refractivity contribution in [2.45, 2.75) is 13.5 Å². The number of nitrogens with zero attached hydrogens (tertiary/aromatic N) is 6. The SMILES string of the molecule is Cc1nc2c(Br)n[nH]c(=O)c2n1Cc1ccccc1-c1ccccc1-c1nn[nH]n1. The normalized spacial score (nSPS) is 11.3. The molecule has 0 aliphatic heterocycles. The Kier molecular flexibility index (Phi) is 4.47. The number of imidazole rings is 1. The third-order valence-electron chi connectivity index (χ3n) is 4.97. The summed E-state index contributed by atoms with van der Waals surface area (Å²) in [6, 6.07) is 15.9. The highest BCUT2D eigenvalue weighted by Crippen LogP contribution is 2.33. The number of rotatable bonds is 4. The summed E-state index contributed by atoms with van der Waals surface area (Å²) >= 11 is 3.37. The van der Waals surface area contributed by atoms with E-state index < -0.39 is 0 Å². The lowest BCUT2D eigenvalue weighted by Gasteiger charge is -2.14. The summed E-state index contributed by atoms with van der Waals surface area (Å²) in [5, 5.41) is 20.9. The number of tetrazole rings is 1. The van der Waals surface area contributed by atoms with Crippen LogP contribution in [0.5, 0.6) is 0 Å². The molecule has 0 saturated heterocycles. The van der Waals surface area contributed by atoms with Crippen molar-refractivity contribution >= 4 is 27.0 Å². The second-order valence-corrected chi connectivity index (χ2v) is 7.48. The first-order chi connectivity index (χ1) is 14.6. The summed E-state index contributed by atoms with van der Waals surface area (Å²) in [6.07, 6.45) is 0. The van der Waals surface area contributed by atoms with E-state index in [9.17, 15) is 4.79 Å². The number of halogens is 1. The average molecular weight is 463 g/mol. The van der Waals surface area contributed by atoms with Crippen LogP contribution in [0.1, 0.15) is 11.4 Å². The van der Waals surface area contributed by atoms with Crippen molar-refractivity contribution in [2.75, 3.05) is 0 Å². The van der Waals surface area contributed by atoms with Crippen LogP contribution in [0, 0.1) is 6.92 Å². The quantitative estimate of drug-likeness (QED) is 0.423. The number of aromatic nitrogens is 8. The summed E-state index contributed by atoms with van der Waals surface area (Å²) in [7, 11) is 0. The van der Waals surface area contributed by atoms with Crippen LogP contribution < -0.4 is 5.56 Å². The van der Waals surface area contributed by atoms with Gasteiger partial charge in [0.15, 0.2) is 4.60 Å². The first-order valence-electron chi connectivity index (χ1n) is 9.15. The van der Waals surface area contributed by atoms with Gasteiger partial charge in [0.1, 0.15) is 16.9 Å². The minimum absolute atomic E-state index is 0.279. The molecule has 10 heteroatoms. The van der Waals surface area contributed by atoms with E-state index in [1.807, 2.05) is 60.0 Å². The fourth-order valence-corrected chi connectivity index (χ4v) is 3.98. The van der Waals surface area contributed by atoms with E-state index >= 15 is 0 Å². The molecule has 9 nitrogen and oxygen atoms in total. The molecule has 0 bridgehead atoms. The van der Waals surface area contributed by atoms with Crippen LogP contribution in [-0.2, 0) is 6.54 Å². The topological polar surface area (TPSA) is 118 Å². The van der Waals surface area contributed by atoms with Gasteiger partial charge in [0, 0.05) is 5.56 Å². The van der Waals surface area contributed by atoms with E-state index in [1.165, 1.54) is 0 Å². The Bertz CT molecular complexity index is 1420. The van der Waals surface area contributed by atoms with Crippen molar-refractivity contribution < 1.29 is 0 Å². The maximum absolute atomic E-state index is 12.5. The molecule has 0 fully saturated rings. The third-order valence-corrected chi connectivity index (χ3v) is 5.53. The smallest absolute Gasteiger partial charge is 0.290 e.